The highest BCUT2D eigenvalue weighted by Crippen LogP contribution is 2.35. The van der Waals surface area contributed by atoms with Gasteiger partial charge in [0.25, 0.3) is 0 Å². The van der Waals surface area contributed by atoms with Crippen LogP contribution in [0.25, 0.3) is 0 Å². The van der Waals surface area contributed by atoms with Gasteiger partial charge in [-0.2, -0.15) is 0 Å². The van der Waals surface area contributed by atoms with Crippen molar-refractivity contribution in [1.82, 2.24) is 0 Å². The average Bonchev–Trinajstić information content (AvgIpc) is 2.54. The number of rotatable bonds is 6. The van der Waals surface area contributed by atoms with Crippen LogP contribution in [0.15, 0.2) is 23.8 Å². The van der Waals surface area contributed by atoms with Gasteiger partial charge in [0.1, 0.15) is 18.8 Å². The van der Waals surface area contributed by atoms with Crippen LogP contribution >= 0.6 is 0 Å². The fourth-order valence-electron chi connectivity index (χ4n) is 3.32. The van der Waals surface area contributed by atoms with Crippen LogP contribution in [0, 0.1) is 5.92 Å². The van der Waals surface area contributed by atoms with Crippen LogP contribution in [0.4, 0.5) is 0 Å². The van der Waals surface area contributed by atoms with E-state index in [1.54, 1.807) is 12.2 Å². The third-order valence-corrected chi connectivity index (χ3v) is 4.93. The summed E-state index contributed by atoms with van der Waals surface area (Å²) in [6.45, 7) is 8.97. The van der Waals surface area contributed by atoms with E-state index >= 15 is 0 Å². The number of allylic oxidation sites excluding steroid dienone is 2. The first-order valence-electron chi connectivity index (χ1n) is 9.15. The molecule has 146 valence electrons. The highest BCUT2D eigenvalue weighted by Gasteiger charge is 2.37. The first kappa shape index (κ1) is 20.6. The van der Waals surface area contributed by atoms with E-state index in [0.717, 1.165) is 19.3 Å². The Bertz CT molecular complexity index is 577. The van der Waals surface area contributed by atoms with Crippen molar-refractivity contribution in [3.63, 3.8) is 0 Å². The van der Waals surface area contributed by atoms with Crippen LogP contribution in [0.1, 0.15) is 53.9 Å². The summed E-state index contributed by atoms with van der Waals surface area (Å²) in [4.78, 5) is 22.4. The second kappa shape index (κ2) is 8.82. The summed E-state index contributed by atoms with van der Waals surface area (Å²) in [5.74, 6) is -0.423. The molecule has 0 radical (unpaired) electrons. The normalized spacial score (nSPS) is 29.0. The molecular weight excluding hydrogens is 336 g/mol. The smallest absolute Gasteiger partial charge is 0.303 e. The van der Waals surface area contributed by atoms with Crippen LogP contribution in [0.2, 0.25) is 0 Å². The quantitative estimate of drug-likeness (QED) is 0.531. The molecular formula is C20H30O6. The summed E-state index contributed by atoms with van der Waals surface area (Å²) in [7, 11) is 0. The molecule has 0 aromatic rings. The van der Waals surface area contributed by atoms with Crippen molar-refractivity contribution in [2.24, 2.45) is 5.92 Å². The molecule has 0 amide bonds. The highest BCUT2D eigenvalue weighted by atomic mass is 16.7. The number of hydrogen-bond donors (Lipinski definition) is 0. The zero-order valence-corrected chi connectivity index (χ0v) is 16.3. The molecule has 0 fully saturated rings. The minimum Gasteiger partial charge on any atom is -0.463 e. The summed E-state index contributed by atoms with van der Waals surface area (Å²) in [6, 6.07) is 0. The Morgan fingerprint density at radius 1 is 1.23 bits per heavy atom. The zero-order valence-electron chi connectivity index (χ0n) is 16.3. The van der Waals surface area contributed by atoms with Gasteiger partial charge in [-0.15, -0.1) is 0 Å². The first-order valence-corrected chi connectivity index (χ1v) is 9.15. The van der Waals surface area contributed by atoms with Crippen molar-refractivity contribution in [2.75, 3.05) is 6.61 Å². The van der Waals surface area contributed by atoms with Gasteiger partial charge in [-0.3, -0.25) is 9.59 Å². The van der Waals surface area contributed by atoms with Crippen molar-refractivity contribution in [3.8, 4) is 0 Å². The van der Waals surface area contributed by atoms with Crippen molar-refractivity contribution < 1.29 is 28.5 Å². The lowest BCUT2D eigenvalue weighted by atomic mass is 9.79. The number of esters is 2. The second-order valence-electron chi connectivity index (χ2n) is 7.55. The molecule has 0 N–H and O–H groups in total. The third-order valence-electron chi connectivity index (χ3n) is 4.93. The van der Waals surface area contributed by atoms with E-state index in [4.69, 9.17) is 18.9 Å². The van der Waals surface area contributed by atoms with Crippen LogP contribution in [-0.4, -0.2) is 42.6 Å². The Morgan fingerprint density at radius 3 is 2.54 bits per heavy atom. The van der Waals surface area contributed by atoms with Crippen molar-refractivity contribution in [3.05, 3.63) is 23.8 Å². The van der Waals surface area contributed by atoms with Gasteiger partial charge < -0.3 is 18.9 Å². The number of carbonyl (C=O) groups is 2. The first-order chi connectivity index (χ1) is 12.2. The Kier molecular flexibility index (Phi) is 7.01. The van der Waals surface area contributed by atoms with E-state index in [1.807, 2.05) is 0 Å². The van der Waals surface area contributed by atoms with Crippen molar-refractivity contribution in [1.29, 1.82) is 0 Å². The maximum Gasteiger partial charge on any atom is 0.303 e. The van der Waals surface area contributed by atoms with E-state index < -0.39 is 30.4 Å². The predicted octanol–water partition coefficient (Wildman–Crippen LogP) is 3.30. The van der Waals surface area contributed by atoms with Gasteiger partial charge in [-0.05, 0) is 58.1 Å². The van der Waals surface area contributed by atoms with Gasteiger partial charge in [0, 0.05) is 13.8 Å². The topological polar surface area (TPSA) is 71.1 Å². The molecule has 1 aliphatic heterocycles. The fourth-order valence-corrected chi connectivity index (χ4v) is 3.32. The van der Waals surface area contributed by atoms with Gasteiger partial charge in [0.15, 0.2) is 6.29 Å². The zero-order chi connectivity index (χ0) is 19.3. The predicted molar refractivity (Wildman–Crippen MR) is 96.3 cm³/mol. The van der Waals surface area contributed by atoms with E-state index in [0.29, 0.717) is 5.92 Å². The lowest BCUT2D eigenvalue weighted by molar-refractivity contribution is -0.237. The molecule has 2 aliphatic rings. The molecule has 0 saturated carbocycles. The van der Waals surface area contributed by atoms with E-state index in [-0.39, 0.29) is 12.2 Å². The summed E-state index contributed by atoms with van der Waals surface area (Å²) in [5, 5.41) is 0. The van der Waals surface area contributed by atoms with Gasteiger partial charge in [0.05, 0.1) is 5.60 Å². The standard InChI is InChI=1S/C20H30O6/c1-13-6-8-16(9-7-13)20(4,5)26-19-11-10-17(24-15(3)22)18(25-19)12-23-14(2)21/h6,10-11,16-19H,7-9,12H2,1-5H3/t16-,17-,18+,19?/m0/s1. The summed E-state index contributed by atoms with van der Waals surface area (Å²) in [5.41, 5.74) is 1.06. The maximum atomic E-state index is 11.3. The molecule has 0 saturated heterocycles. The molecule has 1 unspecified atom stereocenters. The molecule has 6 heteroatoms. The molecule has 1 aliphatic carbocycles. The number of ether oxygens (including phenoxy) is 4. The maximum absolute atomic E-state index is 11.3. The minimum atomic E-state index is -0.602. The van der Waals surface area contributed by atoms with Crippen LogP contribution < -0.4 is 0 Å². The SMILES string of the molecule is CC(=O)OC[C@H]1OC(OC(C)(C)[C@H]2CC=C(C)CC2)C=C[C@@H]1OC(C)=O. The molecule has 2 rings (SSSR count). The molecule has 0 bridgehead atoms. The van der Waals surface area contributed by atoms with Crippen LogP contribution in [0.3, 0.4) is 0 Å². The third kappa shape index (κ3) is 5.95. The van der Waals surface area contributed by atoms with Crippen LogP contribution in [-0.2, 0) is 28.5 Å². The highest BCUT2D eigenvalue weighted by molar-refractivity contribution is 5.66. The molecule has 4 atom stereocenters. The van der Waals surface area contributed by atoms with E-state index in [1.165, 1.54) is 19.4 Å². The van der Waals surface area contributed by atoms with Crippen LogP contribution in [0.5, 0.6) is 0 Å². The Morgan fingerprint density at radius 2 is 1.96 bits per heavy atom. The average molecular weight is 366 g/mol. The largest absolute Gasteiger partial charge is 0.463 e. The Balaban J connectivity index is 2.02. The van der Waals surface area contributed by atoms with Crippen molar-refractivity contribution >= 4 is 11.9 Å². The number of hydrogen-bond acceptors (Lipinski definition) is 6. The van der Waals surface area contributed by atoms with Gasteiger partial charge in [-0.25, -0.2) is 0 Å². The molecule has 6 nitrogen and oxygen atoms in total. The minimum absolute atomic E-state index is 0.00324. The lowest BCUT2D eigenvalue weighted by Gasteiger charge is -2.40. The van der Waals surface area contributed by atoms with E-state index in [2.05, 4.69) is 26.8 Å². The van der Waals surface area contributed by atoms with E-state index in [9.17, 15) is 9.59 Å². The monoisotopic (exact) mass is 366 g/mol. The molecule has 0 spiro atoms. The van der Waals surface area contributed by atoms with Gasteiger partial charge >= 0.3 is 11.9 Å². The lowest BCUT2D eigenvalue weighted by Crippen LogP contribution is -2.46. The Hall–Kier alpha value is -1.66. The summed E-state index contributed by atoms with van der Waals surface area (Å²) >= 11 is 0. The Labute approximate surface area is 155 Å². The molecule has 0 aromatic heterocycles. The second-order valence-corrected chi connectivity index (χ2v) is 7.55. The van der Waals surface area contributed by atoms with Gasteiger partial charge in [-0.1, -0.05) is 11.6 Å². The number of carbonyl (C=O) groups excluding carboxylic acids is 2. The van der Waals surface area contributed by atoms with Gasteiger partial charge in [0.2, 0.25) is 0 Å². The fraction of sp³-hybridized carbons (Fsp3) is 0.700. The molecule has 26 heavy (non-hydrogen) atoms. The molecule has 0 aromatic carbocycles. The van der Waals surface area contributed by atoms with Crippen molar-refractivity contribution in [2.45, 2.75) is 78.0 Å². The molecule has 1 heterocycles. The summed E-state index contributed by atoms with van der Waals surface area (Å²) < 4.78 is 22.4. The summed E-state index contributed by atoms with van der Waals surface area (Å²) in [6.07, 6.45) is 7.15.